The number of hydrogen-bond donors (Lipinski definition) is 2. The maximum Gasteiger partial charge on any atom is 0.0920 e. The average molecular weight is 226 g/mol. The zero-order chi connectivity index (χ0) is 11.4. The molecule has 84 valence electrons. The summed E-state index contributed by atoms with van der Waals surface area (Å²) in [7, 11) is 2.05. The molecule has 4 nitrogen and oxygen atoms in total. The second-order valence-corrected chi connectivity index (χ2v) is 4.79. The molecule has 3 N–H and O–H groups in total. The van der Waals surface area contributed by atoms with Gasteiger partial charge in [-0.25, -0.2) is 4.98 Å². The first kappa shape index (κ1) is 12.1. The molecule has 0 saturated carbocycles. The summed E-state index contributed by atoms with van der Waals surface area (Å²) in [5.41, 5.74) is 8.35. The third-order valence-electron chi connectivity index (χ3n) is 2.51. The van der Waals surface area contributed by atoms with Crippen molar-refractivity contribution in [2.45, 2.75) is 32.9 Å². The highest BCUT2D eigenvalue weighted by Crippen LogP contribution is 2.16. The van der Waals surface area contributed by atoms with Gasteiger partial charge in [-0.05, 0) is 20.9 Å². The lowest BCUT2D eigenvalue weighted by molar-refractivity contribution is 0.256. The number of hydrogen-bond acceptors (Lipinski definition) is 4. The van der Waals surface area contributed by atoms with Crippen molar-refractivity contribution in [3.8, 4) is 0 Å². The van der Waals surface area contributed by atoms with Gasteiger partial charge in [0.1, 0.15) is 0 Å². The smallest absolute Gasteiger partial charge is 0.0920 e. The number of thiazole rings is 1. The molecule has 1 aromatic heterocycles. The molecular formula is C10H18N4S. The van der Waals surface area contributed by atoms with E-state index in [1.165, 1.54) is 4.88 Å². The van der Waals surface area contributed by atoms with Crippen LogP contribution < -0.4 is 5.73 Å². The van der Waals surface area contributed by atoms with Crippen molar-refractivity contribution in [3.05, 3.63) is 16.1 Å². The molecule has 0 aliphatic carbocycles. The van der Waals surface area contributed by atoms with Gasteiger partial charge in [-0.1, -0.05) is 0 Å². The van der Waals surface area contributed by atoms with Crippen LogP contribution in [0.2, 0.25) is 0 Å². The Labute approximate surface area is 94.6 Å². The molecule has 0 saturated heterocycles. The van der Waals surface area contributed by atoms with Crippen LogP contribution in [0.5, 0.6) is 0 Å². The van der Waals surface area contributed by atoms with E-state index in [1.807, 2.05) is 19.5 Å². The van der Waals surface area contributed by atoms with Gasteiger partial charge in [-0.15, -0.1) is 11.3 Å². The van der Waals surface area contributed by atoms with E-state index in [9.17, 15) is 0 Å². The Morgan fingerprint density at radius 1 is 1.73 bits per heavy atom. The van der Waals surface area contributed by atoms with Gasteiger partial charge in [0.15, 0.2) is 0 Å². The summed E-state index contributed by atoms with van der Waals surface area (Å²) >= 11 is 1.68. The van der Waals surface area contributed by atoms with E-state index in [2.05, 4.69) is 16.8 Å². The van der Waals surface area contributed by atoms with Gasteiger partial charge in [0, 0.05) is 23.9 Å². The second-order valence-electron chi connectivity index (χ2n) is 3.85. The highest BCUT2D eigenvalue weighted by Gasteiger charge is 2.12. The first-order valence-corrected chi connectivity index (χ1v) is 5.80. The van der Waals surface area contributed by atoms with Gasteiger partial charge in [-0.3, -0.25) is 10.3 Å². The zero-order valence-electron chi connectivity index (χ0n) is 9.45. The number of nitrogens with zero attached hydrogens (tertiary/aromatic N) is 2. The maximum absolute atomic E-state index is 7.25. The van der Waals surface area contributed by atoms with Crippen LogP contribution in [0.3, 0.4) is 0 Å². The van der Waals surface area contributed by atoms with Crippen molar-refractivity contribution in [2.24, 2.45) is 5.73 Å². The lowest BCUT2D eigenvalue weighted by Gasteiger charge is -2.23. The van der Waals surface area contributed by atoms with E-state index < -0.39 is 0 Å². The Morgan fingerprint density at radius 3 is 2.87 bits per heavy atom. The molecule has 0 radical (unpaired) electrons. The predicted octanol–water partition coefficient (Wildman–Crippen LogP) is 1.60. The van der Waals surface area contributed by atoms with Gasteiger partial charge in [0.2, 0.25) is 0 Å². The highest BCUT2D eigenvalue weighted by atomic mass is 32.1. The van der Waals surface area contributed by atoms with Crippen LogP contribution in [0, 0.1) is 12.3 Å². The largest absolute Gasteiger partial charge is 0.388 e. The van der Waals surface area contributed by atoms with Crippen molar-refractivity contribution >= 4 is 17.2 Å². The fourth-order valence-corrected chi connectivity index (χ4v) is 2.17. The Kier molecular flexibility index (Phi) is 4.23. The number of nitrogens with two attached hydrogens (primary N) is 1. The molecule has 0 aliphatic rings. The van der Waals surface area contributed by atoms with E-state index in [0.29, 0.717) is 12.5 Å². The van der Waals surface area contributed by atoms with Crippen LogP contribution in [-0.2, 0) is 6.54 Å². The van der Waals surface area contributed by atoms with Crippen molar-refractivity contribution < 1.29 is 0 Å². The van der Waals surface area contributed by atoms with E-state index >= 15 is 0 Å². The summed E-state index contributed by atoms with van der Waals surface area (Å²) in [5, 5.41) is 7.25. The Morgan fingerprint density at radius 2 is 2.40 bits per heavy atom. The van der Waals surface area contributed by atoms with Crippen LogP contribution in [0.15, 0.2) is 5.51 Å². The summed E-state index contributed by atoms with van der Waals surface area (Å²) in [6.07, 6.45) is 0.619. The number of amidine groups is 1. The molecule has 1 aromatic rings. The molecule has 1 rings (SSSR count). The summed E-state index contributed by atoms with van der Waals surface area (Å²) in [5.74, 6) is 0.246. The number of aryl methyl sites for hydroxylation is 1. The lowest BCUT2D eigenvalue weighted by atomic mass is 10.2. The van der Waals surface area contributed by atoms with E-state index in [-0.39, 0.29) is 5.84 Å². The Hall–Kier alpha value is -0.940. The molecule has 0 aliphatic heterocycles. The van der Waals surface area contributed by atoms with Gasteiger partial charge >= 0.3 is 0 Å². The number of aromatic nitrogens is 1. The van der Waals surface area contributed by atoms with Crippen molar-refractivity contribution in [1.29, 1.82) is 5.41 Å². The van der Waals surface area contributed by atoms with E-state index in [4.69, 9.17) is 11.1 Å². The quantitative estimate of drug-likeness (QED) is 0.592. The third kappa shape index (κ3) is 3.60. The third-order valence-corrected chi connectivity index (χ3v) is 3.43. The van der Waals surface area contributed by atoms with Crippen LogP contribution >= 0.6 is 11.3 Å². The van der Waals surface area contributed by atoms with Gasteiger partial charge in [-0.2, -0.15) is 0 Å². The van der Waals surface area contributed by atoms with Crippen LogP contribution in [0.1, 0.15) is 23.9 Å². The minimum Gasteiger partial charge on any atom is -0.388 e. The Bertz CT molecular complexity index is 334. The summed E-state index contributed by atoms with van der Waals surface area (Å²) in [4.78, 5) is 7.70. The molecule has 15 heavy (non-hydrogen) atoms. The molecule has 0 bridgehead atoms. The lowest BCUT2D eigenvalue weighted by Crippen LogP contribution is -2.32. The van der Waals surface area contributed by atoms with Gasteiger partial charge in [0.05, 0.1) is 17.0 Å². The van der Waals surface area contributed by atoms with Gasteiger partial charge in [0.25, 0.3) is 0 Å². The standard InChI is InChI=1S/C10H18N4S/c1-7(4-10(11)12)14(3)5-9-8(2)13-6-15-9/h6-7H,4-5H2,1-3H3,(H3,11,12). The molecule has 0 amide bonds. The topological polar surface area (TPSA) is 66.0 Å². The van der Waals surface area contributed by atoms with E-state index in [0.717, 1.165) is 12.2 Å². The highest BCUT2D eigenvalue weighted by molar-refractivity contribution is 7.09. The molecule has 0 fully saturated rings. The van der Waals surface area contributed by atoms with Gasteiger partial charge < -0.3 is 5.73 Å². The monoisotopic (exact) mass is 226 g/mol. The minimum atomic E-state index is 0.246. The van der Waals surface area contributed by atoms with Crippen LogP contribution in [-0.4, -0.2) is 28.8 Å². The van der Waals surface area contributed by atoms with Crippen molar-refractivity contribution in [2.75, 3.05) is 7.05 Å². The molecule has 1 atom stereocenters. The normalized spacial score (nSPS) is 13.1. The molecule has 1 heterocycles. The van der Waals surface area contributed by atoms with E-state index in [1.54, 1.807) is 11.3 Å². The molecule has 5 heteroatoms. The van der Waals surface area contributed by atoms with Crippen molar-refractivity contribution in [1.82, 2.24) is 9.88 Å². The first-order chi connectivity index (χ1) is 7.00. The zero-order valence-corrected chi connectivity index (χ0v) is 10.3. The molecule has 0 aromatic carbocycles. The molecule has 1 unspecified atom stereocenters. The first-order valence-electron chi connectivity index (χ1n) is 4.92. The minimum absolute atomic E-state index is 0.246. The fourth-order valence-electron chi connectivity index (χ4n) is 1.33. The fraction of sp³-hybridized carbons (Fsp3) is 0.600. The number of nitrogens with one attached hydrogen (secondary N) is 1. The molecular weight excluding hydrogens is 208 g/mol. The Balaban J connectivity index is 2.52. The van der Waals surface area contributed by atoms with Crippen LogP contribution in [0.4, 0.5) is 0 Å². The number of rotatable bonds is 5. The SMILES string of the molecule is Cc1ncsc1CN(C)C(C)CC(=N)N. The van der Waals surface area contributed by atoms with Crippen LogP contribution in [0.25, 0.3) is 0 Å². The maximum atomic E-state index is 7.25. The summed E-state index contributed by atoms with van der Waals surface area (Å²) in [6.45, 7) is 4.98. The summed E-state index contributed by atoms with van der Waals surface area (Å²) < 4.78 is 0. The predicted molar refractivity (Wildman–Crippen MR) is 64.3 cm³/mol. The second kappa shape index (κ2) is 5.23. The average Bonchev–Trinajstić information content (AvgIpc) is 2.50. The summed E-state index contributed by atoms with van der Waals surface area (Å²) in [6, 6.07) is 0.295. The van der Waals surface area contributed by atoms with Crippen molar-refractivity contribution in [3.63, 3.8) is 0 Å². The molecule has 0 spiro atoms.